The fourth-order valence-corrected chi connectivity index (χ4v) is 0.262. The SMILES string of the molecule is O=S(=O)(OCl)OCl.[H-].[Na+]. The minimum Gasteiger partial charge on any atom is -1.00 e. The Hall–Kier alpha value is 1.45. The standard InChI is InChI=1S/Cl2O4S.Na.H/c1-5-7(3,4)6-2;;/q;+1;-1. The van der Waals surface area contributed by atoms with E-state index in [0.29, 0.717) is 0 Å². The van der Waals surface area contributed by atoms with Gasteiger partial charge in [0.05, 0.1) is 23.7 Å². The van der Waals surface area contributed by atoms with Crippen LogP contribution in [-0.4, -0.2) is 8.42 Å². The Balaban J connectivity index is -0.000000180. The van der Waals surface area contributed by atoms with Gasteiger partial charge in [-0.2, -0.15) is 8.42 Å². The average Bonchev–Trinajstić information content (AvgIpc) is 1.68. The van der Waals surface area contributed by atoms with Crippen molar-refractivity contribution in [2.24, 2.45) is 0 Å². The smallest absolute Gasteiger partial charge is 1.00 e. The van der Waals surface area contributed by atoms with Gasteiger partial charge >= 0.3 is 40.0 Å². The molecule has 0 rings (SSSR count). The van der Waals surface area contributed by atoms with E-state index in [1.54, 1.807) is 0 Å². The summed E-state index contributed by atoms with van der Waals surface area (Å²) in [7, 11) is -4.13. The van der Waals surface area contributed by atoms with Gasteiger partial charge in [-0.15, -0.1) is 7.47 Å². The minimum atomic E-state index is -4.13. The van der Waals surface area contributed by atoms with E-state index in [4.69, 9.17) is 0 Å². The Kier molecular flexibility index (Phi) is 7.98. The molecule has 0 spiro atoms. The first-order chi connectivity index (χ1) is 3.12. The van der Waals surface area contributed by atoms with Crippen molar-refractivity contribution in [2.45, 2.75) is 0 Å². The molecule has 0 bridgehead atoms. The molecule has 0 saturated heterocycles. The molecule has 0 aliphatic heterocycles. The van der Waals surface area contributed by atoms with Crippen LogP contribution in [0.4, 0.5) is 0 Å². The maximum absolute atomic E-state index is 9.66. The van der Waals surface area contributed by atoms with Crippen LogP contribution in [0.2, 0.25) is 0 Å². The molecule has 0 aromatic rings. The molecular formula is HCl2NaO4S. The summed E-state index contributed by atoms with van der Waals surface area (Å²) < 4.78 is 25.7. The van der Waals surface area contributed by atoms with Gasteiger partial charge in [-0.05, 0) is 0 Å². The van der Waals surface area contributed by atoms with E-state index in [0.717, 1.165) is 0 Å². The number of hydrogen-bond donors (Lipinski definition) is 0. The molecule has 0 heterocycles. The molecule has 8 heteroatoms. The molecule has 0 aliphatic carbocycles. The van der Waals surface area contributed by atoms with E-state index in [9.17, 15) is 8.42 Å². The normalized spacial score (nSPS) is 10.2. The first-order valence-electron chi connectivity index (χ1n) is 0.975. The molecule has 8 heavy (non-hydrogen) atoms. The van der Waals surface area contributed by atoms with Gasteiger partial charge in [-0.3, -0.25) is 0 Å². The molecule has 0 aliphatic rings. The van der Waals surface area contributed by atoms with Crippen molar-refractivity contribution in [2.75, 3.05) is 0 Å². The average molecular weight is 191 g/mol. The molecule has 0 atom stereocenters. The van der Waals surface area contributed by atoms with Gasteiger partial charge in [-0.1, -0.05) is 0 Å². The third-order valence-electron chi connectivity index (χ3n) is 0.154. The summed E-state index contributed by atoms with van der Waals surface area (Å²) >= 11 is 8.59. The summed E-state index contributed by atoms with van der Waals surface area (Å²) in [5.74, 6) is 0. The summed E-state index contributed by atoms with van der Waals surface area (Å²) in [6.07, 6.45) is 0. The van der Waals surface area contributed by atoms with Gasteiger partial charge < -0.3 is 1.43 Å². The Morgan fingerprint density at radius 1 is 1.25 bits per heavy atom. The van der Waals surface area contributed by atoms with Crippen LogP contribution in [0.25, 0.3) is 0 Å². The van der Waals surface area contributed by atoms with Gasteiger partial charge in [0.15, 0.2) is 0 Å². The van der Waals surface area contributed by atoms with E-state index < -0.39 is 10.4 Å². The summed E-state index contributed by atoms with van der Waals surface area (Å²) in [6, 6.07) is 0. The second-order valence-corrected chi connectivity index (χ2v) is 2.36. The minimum absolute atomic E-state index is 0. The first-order valence-corrected chi connectivity index (χ1v) is 2.93. The molecule has 0 fully saturated rings. The zero-order chi connectivity index (χ0) is 5.91. The van der Waals surface area contributed by atoms with Crippen LogP contribution < -0.4 is 29.6 Å². The Bertz CT molecular complexity index is 122. The van der Waals surface area contributed by atoms with E-state index in [1.165, 1.54) is 0 Å². The predicted octanol–water partition coefficient (Wildman–Crippen LogP) is -2.31. The first kappa shape index (κ1) is 12.2. The van der Waals surface area contributed by atoms with Crippen LogP contribution in [0.15, 0.2) is 0 Å². The third-order valence-corrected chi connectivity index (χ3v) is 1.39. The molecule has 0 aromatic carbocycles. The predicted molar refractivity (Wildman–Crippen MR) is 23.9 cm³/mol. The molecule has 0 aromatic heterocycles. The summed E-state index contributed by atoms with van der Waals surface area (Å²) in [5, 5.41) is 0. The quantitative estimate of drug-likeness (QED) is 0.460. The van der Waals surface area contributed by atoms with Gasteiger partial charge in [-0.25, -0.2) is 0 Å². The van der Waals surface area contributed by atoms with E-state index in [2.05, 4.69) is 31.2 Å². The van der Waals surface area contributed by atoms with Crippen molar-refractivity contribution in [1.29, 1.82) is 0 Å². The largest absolute Gasteiger partial charge is 1.00 e. The van der Waals surface area contributed by atoms with Crippen molar-refractivity contribution >= 4 is 34.1 Å². The van der Waals surface area contributed by atoms with Crippen LogP contribution in [0.5, 0.6) is 0 Å². The number of rotatable bonds is 2. The van der Waals surface area contributed by atoms with Crippen LogP contribution in [0, 0.1) is 0 Å². The molecule has 46 valence electrons. The summed E-state index contributed by atoms with van der Waals surface area (Å²) in [4.78, 5) is 0. The summed E-state index contributed by atoms with van der Waals surface area (Å²) in [5.41, 5.74) is 0. The molecule has 0 saturated carbocycles. The zero-order valence-electron chi connectivity index (χ0n) is 4.80. The molecule has 0 radical (unpaired) electrons. The third kappa shape index (κ3) is 5.58. The molecular weight excluding hydrogens is 190 g/mol. The maximum atomic E-state index is 9.66. The van der Waals surface area contributed by atoms with Crippen molar-refractivity contribution in [3.63, 3.8) is 0 Å². The van der Waals surface area contributed by atoms with Crippen LogP contribution in [-0.2, 0) is 17.9 Å². The fourth-order valence-electron chi connectivity index (χ4n) is 0.00972. The van der Waals surface area contributed by atoms with Crippen LogP contribution in [0.3, 0.4) is 0 Å². The molecule has 0 unspecified atom stereocenters. The Morgan fingerprint density at radius 3 is 1.50 bits per heavy atom. The van der Waals surface area contributed by atoms with Crippen molar-refractivity contribution in [3.8, 4) is 0 Å². The van der Waals surface area contributed by atoms with Gasteiger partial charge in [0.2, 0.25) is 0 Å². The number of hydrogen-bond acceptors (Lipinski definition) is 4. The molecule has 0 N–H and O–H groups in total. The second-order valence-electron chi connectivity index (χ2n) is 0.534. The summed E-state index contributed by atoms with van der Waals surface area (Å²) in [6.45, 7) is 0. The van der Waals surface area contributed by atoms with Crippen LogP contribution in [0.1, 0.15) is 1.43 Å². The van der Waals surface area contributed by atoms with E-state index in [1.807, 2.05) is 0 Å². The van der Waals surface area contributed by atoms with Crippen LogP contribution >= 0.6 is 23.7 Å². The second kappa shape index (κ2) is 5.25. The zero-order valence-corrected chi connectivity index (χ0v) is 8.13. The maximum Gasteiger partial charge on any atom is 1.00 e. The Labute approximate surface area is 80.5 Å². The molecule has 0 amide bonds. The van der Waals surface area contributed by atoms with E-state index >= 15 is 0 Å². The fraction of sp³-hybridized carbons (Fsp3) is 0. The van der Waals surface area contributed by atoms with Crippen molar-refractivity contribution in [3.05, 3.63) is 0 Å². The Morgan fingerprint density at radius 2 is 1.50 bits per heavy atom. The van der Waals surface area contributed by atoms with Gasteiger partial charge in [0.25, 0.3) is 0 Å². The topological polar surface area (TPSA) is 52.6 Å². The van der Waals surface area contributed by atoms with Gasteiger partial charge in [0, 0.05) is 0 Å². The van der Waals surface area contributed by atoms with Crippen molar-refractivity contribution in [1.82, 2.24) is 0 Å². The number of halogens is 2. The van der Waals surface area contributed by atoms with Gasteiger partial charge in [0.1, 0.15) is 0 Å². The van der Waals surface area contributed by atoms with E-state index in [-0.39, 0.29) is 31.0 Å². The monoisotopic (exact) mass is 190 g/mol. The van der Waals surface area contributed by atoms with Crippen molar-refractivity contribution < 1.29 is 46.9 Å². The molecule has 4 nitrogen and oxygen atoms in total.